The summed E-state index contributed by atoms with van der Waals surface area (Å²) in [5.74, 6) is 0.875. The highest BCUT2D eigenvalue weighted by atomic mass is 16.5. The molecule has 0 saturated carbocycles. The lowest BCUT2D eigenvalue weighted by Crippen LogP contribution is -2.25. The molecular formula is C15H14N2O3. The molecule has 0 unspecified atom stereocenters. The minimum absolute atomic E-state index is 0.179. The van der Waals surface area contributed by atoms with Crippen molar-refractivity contribution in [3.8, 4) is 0 Å². The second-order valence-electron chi connectivity index (χ2n) is 4.74. The average Bonchev–Trinajstić information content (AvgIpc) is 3.03. The van der Waals surface area contributed by atoms with Gasteiger partial charge in [0.25, 0.3) is 5.91 Å². The topological polar surface area (TPSA) is 59.5 Å². The van der Waals surface area contributed by atoms with Gasteiger partial charge in [-0.3, -0.25) is 4.79 Å². The molecule has 5 nitrogen and oxygen atoms in total. The monoisotopic (exact) mass is 270 g/mol. The summed E-state index contributed by atoms with van der Waals surface area (Å²) in [5, 5.41) is 4.79. The third-order valence-electron chi connectivity index (χ3n) is 3.06. The highest BCUT2D eigenvalue weighted by Gasteiger charge is 2.17. The van der Waals surface area contributed by atoms with Crippen molar-refractivity contribution < 1.29 is 13.7 Å². The summed E-state index contributed by atoms with van der Waals surface area (Å²) in [6.45, 7) is 2.20. The van der Waals surface area contributed by atoms with Crippen molar-refractivity contribution in [2.45, 2.75) is 13.5 Å². The third kappa shape index (κ3) is 2.30. The van der Waals surface area contributed by atoms with Gasteiger partial charge in [-0.1, -0.05) is 23.4 Å². The van der Waals surface area contributed by atoms with E-state index in [1.54, 1.807) is 18.0 Å². The summed E-state index contributed by atoms with van der Waals surface area (Å²) in [6, 6.07) is 11.1. The minimum Gasteiger partial charge on any atom is -0.451 e. The maximum atomic E-state index is 12.3. The lowest BCUT2D eigenvalue weighted by Gasteiger charge is -2.13. The first kappa shape index (κ1) is 12.5. The van der Waals surface area contributed by atoms with E-state index in [2.05, 4.69) is 5.16 Å². The van der Waals surface area contributed by atoms with Gasteiger partial charge in [-0.05, 0) is 19.1 Å². The first-order valence-electron chi connectivity index (χ1n) is 6.30. The number of fused-ring (bicyclic) bond motifs is 1. The number of para-hydroxylation sites is 1. The fourth-order valence-corrected chi connectivity index (χ4v) is 2.08. The van der Waals surface area contributed by atoms with Crippen LogP contribution in [0, 0.1) is 6.92 Å². The number of hydrogen-bond donors (Lipinski definition) is 0. The first-order valence-corrected chi connectivity index (χ1v) is 6.30. The van der Waals surface area contributed by atoms with Crippen LogP contribution in [0.15, 0.2) is 45.3 Å². The van der Waals surface area contributed by atoms with Gasteiger partial charge in [0.15, 0.2) is 5.76 Å². The fraction of sp³-hybridized carbons (Fsp3) is 0.200. The molecular weight excluding hydrogens is 256 g/mol. The SMILES string of the molecule is Cc1cc(CN(C)C(=O)c2cc3ccccc3o2)no1. The summed E-state index contributed by atoms with van der Waals surface area (Å²) < 4.78 is 10.5. The van der Waals surface area contributed by atoms with Crippen LogP contribution in [-0.2, 0) is 6.54 Å². The molecule has 3 aromatic rings. The largest absolute Gasteiger partial charge is 0.451 e. The maximum Gasteiger partial charge on any atom is 0.289 e. The Bertz CT molecular complexity index is 724. The van der Waals surface area contributed by atoms with Gasteiger partial charge in [-0.25, -0.2) is 0 Å². The Morgan fingerprint density at radius 3 is 2.80 bits per heavy atom. The Hall–Kier alpha value is -2.56. The molecule has 2 aromatic heterocycles. The molecule has 0 radical (unpaired) electrons. The van der Waals surface area contributed by atoms with Gasteiger partial charge in [0.05, 0.1) is 6.54 Å². The second kappa shape index (κ2) is 4.85. The third-order valence-corrected chi connectivity index (χ3v) is 3.06. The Morgan fingerprint density at radius 1 is 1.30 bits per heavy atom. The molecule has 0 aliphatic carbocycles. The number of carbonyl (C=O) groups is 1. The molecule has 1 aromatic carbocycles. The molecule has 20 heavy (non-hydrogen) atoms. The molecule has 0 spiro atoms. The summed E-state index contributed by atoms with van der Waals surface area (Å²) >= 11 is 0. The number of nitrogens with zero attached hydrogens (tertiary/aromatic N) is 2. The van der Waals surface area contributed by atoms with Crippen molar-refractivity contribution in [2.75, 3.05) is 7.05 Å². The van der Waals surface area contributed by atoms with Gasteiger partial charge in [-0.15, -0.1) is 0 Å². The van der Waals surface area contributed by atoms with Gasteiger partial charge in [0.1, 0.15) is 17.0 Å². The van der Waals surface area contributed by atoms with Crippen LogP contribution in [0.4, 0.5) is 0 Å². The predicted molar refractivity (Wildman–Crippen MR) is 73.3 cm³/mol. The lowest BCUT2D eigenvalue weighted by atomic mass is 10.2. The van der Waals surface area contributed by atoms with Gasteiger partial charge < -0.3 is 13.8 Å². The summed E-state index contributed by atoms with van der Waals surface area (Å²) in [4.78, 5) is 13.8. The Kier molecular flexibility index (Phi) is 3.02. The van der Waals surface area contributed by atoms with Crippen LogP contribution in [0.5, 0.6) is 0 Å². The molecule has 0 atom stereocenters. The minimum atomic E-state index is -0.179. The van der Waals surface area contributed by atoms with Crippen LogP contribution in [0.2, 0.25) is 0 Å². The molecule has 0 N–H and O–H groups in total. The number of carbonyl (C=O) groups excluding carboxylic acids is 1. The van der Waals surface area contributed by atoms with Crippen molar-refractivity contribution in [3.63, 3.8) is 0 Å². The van der Waals surface area contributed by atoms with E-state index in [1.807, 2.05) is 37.3 Å². The number of furan rings is 1. The van der Waals surface area contributed by atoms with Gasteiger partial charge in [-0.2, -0.15) is 0 Å². The number of hydrogen-bond acceptors (Lipinski definition) is 4. The Labute approximate surface area is 115 Å². The summed E-state index contributed by atoms with van der Waals surface area (Å²) in [7, 11) is 1.71. The molecule has 102 valence electrons. The zero-order valence-electron chi connectivity index (χ0n) is 11.3. The quantitative estimate of drug-likeness (QED) is 0.734. The van der Waals surface area contributed by atoms with Crippen molar-refractivity contribution in [1.82, 2.24) is 10.1 Å². The van der Waals surface area contributed by atoms with Crippen LogP contribution in [0.1, 0.15) is 22.0 Å². The Morgan fingerprint density at radius 2 is 2.10 bits per heavy atom. The molecule has 0 bridgehead atoms. The number of aromatic nitrogens is 1. The number of benzene rings is 1. The van der Waals surface area contributed by atoms with E-state index in [-0.39, 0.29) is 5.91 Å². The van der Waals surface area contributed by atoms with Crippen LogP contribution in [0.25, 0.3) is 11.0 Å². The van der Waals surface area contributed by atoms with Crippen molar-refractivity contribution in [2.24, 2.45) is 0 Å². The van der Waals surface area contributed by atoms with Crippen molar-refractivity contribution >= 4 is 16.9 Å². The molecule has 0 fully saturated rings. The molecule has 5 heteroatoms. The second-order valence-corrected chi connectivity index (χ2v) is 4.74. The average molecular weight is 270 g/mol. The van der Waals surface area contributed by atoms with E-state index < -0.39 is 0 Å². The maximum absolute atomic E-state index is 12.3. The van der Waals surface area contributed by atoms with Crippen LogP contribution >= 0.6 is 0 Å². The van der Waals surface area contributed by atoms with Crippen LogP contribution < -0.4 is 0 Å². The smallest absolute Gasteiger partial charge is 0.289 e. The normalized spacial score (nSPS) is 10.9. The molecule has 2 heterocycles. The first-order chi connectivity index (χ1) is 9.63. The summed E-state index contributed by atoms with van der Waals surface area (Å²) in [5.41, 5.74) is 1.43. The van der Waals surface area contributed by atoms with E-state index in [0.29, 0.717) is 17.9 Å². The van der Waals surface area contributed by atoms with E-state index in [1.165, 1.54) is 0 Å². The highest BCUT2D eigenvalue weighted by Crippen LogP contribution is 2.20. The molecule has 3 rings (SSSR count). The number of rotatable bonds is 3. The molecule has 0 aliphatic heterocycles. The fourth-order valence-electron chi connectivity index (χ4n) is 2.08. The number of amides is 1. The highest BCUT2D eigenvalue weighted by molar-refractivity contribution is 5.95. The van der Waals surface area contributed by atoms with Crippen LogP contribution in [0.3, 0.4) is 0 Å². The molecule has 0 saturated heterocycles. The predicted octanol–water partition coefficient (Wildman–Crippen LogP) is 3.00. The zero-order chi connectivity index (χ0) is 14.1. The van der Waals surface area contributed by atoms with Crippen molar-refractivity contribution in [3.05, 3.63) is 53.6 Å². The number of aryl methyl sites for hydroxylation is 1. The van der Waals surface area contributed by atoms with E-state index in [4.69, 9.17) is 8.94 Å². The molecule has 1 amide bonds. The van der Waals surface area contributed by atoms with Gasteiger partial charge in [0, 0.05) is 18.5 Å². The lowest BCUT2D eigenvalue weighted by molar-refractivity contribution is 0.0753. The van der Waals surface area contributed by atoms with Gasteiger partial charge >= 0.3 is 0 Å². The van der Waals surface area contributed by atoms with E-state index >= 15 is 0 Å². The standard InChI is InChI=1S/C15H14N2O3/c1-10-7-12(16-20-10)9-17(2)15(18)14-8-11-5-3-4-6-13(11)19-14/h3-8H,9H2,1-2H3. The van der Waals surface area contributed by atoms with E-state index in [9.17, 15) is 4.79 Å². The van der Waals surface area contributed by atoms with E-state index in [0.717, 1.165) is 16.8 Å². The zero-order valence-corrected chi connectivity index (χ0v) is 11.3. The molecule has 0 aliphatic rings. The van der Waals surface area contributed by atoms with Gasteiger partial charge in [0.2, 0.25) is 0 Å². The van der Waals surface area contributed by atoms with Crippen molar-refractivity contribution in [1.29, 1.82) is 0 Å². The Balaban J connectivity index is 1.80. The van der Waals surface area contributed by atoms with Crippen LogP contribution in [-0.4, -0.2) is 23.0 Å². The summed E-state index contributed by atoms with van der Waals surface area (Å²) in [6.07, 6.45) is 0.